The third-order valence-corrected chi connectivity index (χ3v) is 4.07. The molecule has 1 saturated heterocycles. The number of morpholine rings is 1. The highest BCUT2D eigenvalue weighted by molar-refractivity contribution is 5.89. The lowest BCUT2D eigenvalue weighted by Crippen LogP contribution is -2.37. The van der Waals surface area contributed by atoms with Crippen molar-refractivity contribution in [1.82, 2.24) is 14.4 Å². The van der Waals surface area contributed by atoms with Gasteiger partial charge in [0, 0.05) is 37.2 Å². The molecule has 24 heavy (non-hydrogen) atoms. The topological polar surface area (TPSA) is 80.0 Å². The molecule has 0 atom stereocenters. The second-order valence-corrected chi connectivity index (χ2v) is 5.59. The number of carboxylic acids is 1. The number of fused-ring (bicyclic) bond motifs is 1. The molecule has 1 aliphatic rings. The Balaban J connectivity index is 1.84. The molecule has 0 bridgehead atoms. The molecular weight excluding hydrogens is 308 g/mol. The van der Waals surface area contributed by atoms with E-state index in [1.807, 2.05) is 22.9 Å². The van der Waals surface area contributed by atoms with E-state index in [9.17, 15) is 9.90 Å². The predicted octanol–water partition coefficient (Wildman–Crippen LogP) is 1.93. The zero-order chi connectivity index (χ0) is 16.5. The standard InChI is InChI=1S/C17H16N4O3/c22-17(23)13-3-1-2-12(10-13)14-11-21-5-4-18-15(21)16(19-14)20-6-8-24-9-7-20/h1-5,10-11H,6-9H2,(H,22,23). The Morgan fingerprint density at radius 3 is 2.88 bits per heavy atom. The third-order valence-electron chi connectivity index (χ3n) is 4.07. The molecule has 7 nitrogen and oxygen atoms in total. The van der Waals surface area contributed by atoms with Gasteiger partial charge < -0.3 is 19.1 Å². The van der Waals surface area contributed by atoms with E-state index >= 15 is 0 Å². The lowest BCUT2D eigenvalue weighted by molar-refractivity contribution is 0.0697. The molecule has 1 aromatic carbocycles. The zero-order valence-electron chi connectivity index (χ0n) is 12.9. The van der Waals surface area contributed by atoms with Crippen LogP contribution in [0.5, 0.6) is 0 Å². The number of aromatic nitrogens is 3. The van der Waals surface area contributed by atoms with Gasteiger partial charge in [0.25, 0.3) is 0 Å². The summed E-state index contributed by atoms with van der Waals surface area (Å²) in [7, 11) is 0. The summed E-state index contributed by atoms with van der Waals surface area (Å²) in [5.74, 6) is -0.157. The van der Waals surface area contributed by atoms with Crippen LogP contribution >= 0.6 is 0 Å². The Kier molecular flexibility index (Phi) is 3.62. The molecule has 0 unspecified atom stereocenters. The van der Waals surface area contributed by atoms with Gasteiger partial charge in [0.2, 0.25) is 0 Å². The molecule has 4 rings (SSSR count). The van der Waals surface area contributed by atoms with E-state index in [1.54, 1.807) is 24.4 Å². The highest BCUT2D eigenvalue weighted by Gasteiger charge is 2.18. The number of ether oxygens (including phenoxy) is 1. The molecule has 1 fully saturated rings. The number of hydrogen-bond donors (Lipinski definition) is 1. The summed E-state index contributed by atoms with van der Waals surface area (Å²) in [6.07, 6.45) is 5.47. The van der Waals surface area contributed by atoms with Crippen molar-refractivity contribution in [3.8, 4) is 11.3 Å². The summed E-state index contributed by atoms with van der Waals surface area (Å²) >= 11 is 0. The van der Waals surface area contributed by atoms with Crippen LogP contribution in [0, 0.1) is 0 Å². The molecule has 7 heteroatoms. The van der Waals surface area contributed by atoms with Gasteiger partial charge in [-0.2, -0.15) is 0 Å². The van der Waals surface area contributed by atoms with E-state index in [4.69, 9.17) is 9.72 Å². The molecule has 122 valence electrons. The van der Waals surface area contributed by atoms with Crippen molar-refractivity contribution in [1.29, 1.82) is 0 Å². The first-order valence-corrected chi connectivity index (χ1v) is 7.72. The van der Waals surface area contributed by atoms with Gasteiger partial charge in [0.05, 0.1) is 24.5 Å². The number of aromatic carboxylic acids is 1. The average molecular weight is 324 g/mol. The van der Waals surface area contributed by atoms with Crippen molar-refractivity contribution in [3.05, 3.63) is 48.4 Å². The fraction of sp³-hybridized carbons (Fsp3) is 0.235. The maximum Gasteiger partial charge on any atom is 0.335 e. The van der Waals surface area contributed by atoms with Crippen LogP contribution in [0.3, 0.4) is 0 Å². The highest BCUT2D eigenvalue weighted by atomic mass is 16.5. The van der Waals surface area contributed by atoms with E-state index in [0.717, 1.165) is 30.1 Å². The largest absolute Gasteiger partial charge is 0.478 e. The van der Waals surface area contributed by atoms with E-state index < -0.39 is 5.97 Å². The van der Waals surface area contributed by atoms with Gasteiger partial charge in [-0.25, -0.2) is 14.8 Å². The van der Waals surface area contributed by atoms with Crippen LogP contribution in [0.25, 0.3) is 16.9 Å². The molecule has 3 aromatic rings. The molecule has 3 heterocycles. The van der Waals surface area contributed by atoms with Crippen molar-refractivity contribution in [3.63, 3.8) is 0 Å². The molecule has 0 radical (unpaired) electrons. The average Bonchev–Trinajstić information content (AvgIpc) is 3.10. The van der Waals surface area contributed by atoms with E-state index in [2.05, 4.69) is 9.88 Å². The third kappa shape index (κ3) is 2.59. The number of imidazole rings is 1. The van der Waals surface area contributed by atoms with E-state index in [0.29, 0.717) is 18.9 Å². The van der Waals surface area contributed by atoms with Crippen LogP contribution in [-0.4, -0.2) is 51.7 Å². The van der Waals surface area contributed by atoms with E-state index in [-0.39, 0.29) is 5.56 Å². The fourth-order valence-corrected chi connectivity index (χ4v) is 2.85. The zero-order valence-corrected chi connectivity index (χ0v) is 12.9. The maximum atomic E-state index is 11.2. The number of nitrogens with zero attached hydrogens (tertiary/aromatic N) is 4. The minimum Gasteiger partial charge on any atom is -0.478 e. The molecule has 0 amide bonds. The SMILES string of the molecule is O=C(O)c1cccc(-c2cn3ccnc3c(N3CCOCC3)n2)c1. The number of rotatable bonds is 3. The van der Waals surface area contributed by atoms with Crippen molar-refractivity contribution in [2.75, 3.05) is 31.2 Å². The number of anilines is 1. The molecule has 0 saturated carbocycles. The van der Waals surface area contributed by atoms with Crippen molar-refractivity contribution >= 4 is 17.4 Å². The van der Waals surface area contributed by atoms with Crippen LogP contribution in [0.4, 0.5) is 5.82 Å². The molecule has 2 aromatic heterocycles. The molecule has 0 spiro atoms. The number of benzene rings is 1. The maximum absolute atomic E-state index is 11.2. The van der Waals surface area contributed by atoms with Crippen molar-refractivity contribution < 1.29 is 14.6 Å². The van der Waals surface area contributed by atoms with Crippen LogP contribution < -0.4 is 4.90 Å². The normalized spacial score (nSPS) is 14.9. The first-order chi connectivity index (χ1) is 11.7. The van der Waals surface area contributed by atoms with Gasteiger partial charge in [-0.15, -0.1) is 0 Å². The second kappa shape index (κ2) is 5.93. The minimum atomic E-state index is -0.950. The molecule has 1 aliphatic heterocycles. The molecule has 0 aliphatic carbocycles. The van der Waals surface area contributed by atoms with Crippen molar-refractivity contribution in [2.45, 2.75) is 0 Å². The Labute approximate surface area is 138 Å². The summed E-state index contributed by atoms with van der Waals surface area (Å²) in [6, 6.07) is 6.80. The van der Waals surface area contributed by atoms with Crippen LogP contribution in [0.15, 0.2) is 42.9 Å². The van der Waals surface area contributed by atoms with Gasteiger partial charge >= 0.3 is 5.97 Å². The number of carboxylic acid groups (broad SMARTS) is 1. The smallest absolute Gasteiger partial charge is 0.335 e. The number of carbonyl (C=O) groups is 1. The van der Waals surface area contributed by atoms with Crippen LogP contribution in [0.2, 0.25) is 0 Å². The van der Waals surface area contributed by atoms with Gasteiger partial charge in [0.1, 0.15) is 0 Å². The van der Waals surface area contributed by atoms with Gasteiger partial charge in [-0.3, -0.25) is 0 Å². The first kappa shape index (κ1) is 14.6. The second-order valence-electron chi connectivity index (χ2n) is 5.59. The Bertz CT molecular complexity index is 900. The Hall–Kier alpha value is -2.93. The monoisotopic (exact) mass is 324 g/mol. The van der Waals surface area contributed by atoms with Crippen molar-refractivity contribution in [2.24, 2.45) is 0 Å². The van der Waals surface area contributed by atoms with E-state index in [1.165, 1.54) is 0 Å². The Morgan fingerprint density at radius 1 is 1.25 bits per heavy atom. The lowest BCUT2D eigenvalue weighted by Gasteiger charge is -2.28. The van der Waals surface area contributed by atoms with Gasteiger partial charge in [0.15, 0.2) is 11.5 Å². The molecular formula is C17H16N4O3. The summed E-state index contributed by atoms with van der Waals surface area (Å²) in [5.41, 5.74) is 2.51. The summed E-state index contributed by atoms with van der Waals surface area (Å²) < 4.78 is 7.33. The minimum absolute atomic E-state index is 0.243. The predicted molar refractivity (Wildman–Crippen MR) is 88.4 cm³/mol. The first-order valence-electron chi connectivity index (χ1n) is 7.72. The molecule has 1 N–H and O–H groups in total. The highest BCUT2D eigenvalue weighted by Crippen LogP contribution is 2.25. The van der Waals surface area contributed by atoms with Crippen LogP contribution in [-0.2, 0) is 4.74 Å². The summed E-state index contributed by atoms with van der Waals surface area (Å²) in [6.45, 7) is 2.84. The summed E-state index contributed by atoms with van der Waals surface area (Å²) in [4.78, 5) is 22.5. The Morgan fingerprint density at radius 2 is 2.08 bits per heavy atom. The fourth-order valence-electron chi connectivity index (χ4n) is 2.85. The summed E-state index contributed by atoms with van der Waals surface area (Å²) in [5, 5.41) is 9.20. The van der Waals surface area contributed by atoms with Gasteiger partial charge in [-0.1, -0.05) is 12.1 Å². The number of hydrogen-bond acceptors (Lipinski definition) is 5. The quantitative estimate of drug-likeness (QED) is 0.793. The van der Waals surface area contributed by atoms with Gasteiger partial charge in [-0.05, 0) is 12.1 Å². The van der Waals surface area contributed by atoms with Crippen LogP contribution in [0.1, 0.15) is 10.4 Å². The lowest BCUT2D eigenvalue weighted by atomic mass is 10.1.